The van der Waals surface area contributed by atoms with Crippen molar-refractivity contribution in [1.82, 2.24) is 0 Å². The second kappa shape index (κ2) is 3.71. The van der Waals surface area contributed by atoms with E-state index in [0.29, 0.717) is 24.8 Å². The fraction of sp³-hybridized carbons (Fsp3) is 0.929. The smallest absolute Gasteiger partial charge is 0.303 e. The van der Waals surface area contributed by atoms with Gasteiger partial charge in [-0.25, -0.2) is 0 Å². The molecule has 0 aromatic heterocycles. The minimum Gasteiger partial charge on any atom is -0.481 e. The molecule has 0 aromatic rings. The molecule has 0 spiro atoms. The van der Waals surface area contributed by atoms with Crippen molar-refractivity contribution in [3.63, 3.8) is 0 Å². The van der Waals surface area contributed by atoms with E-state index in [0.717, 1.165) is 17.8 Å². The molecule has 3 aliphatic carbocycles. The average Bonchev–Trinajstić information content (AvgIpc) is 2.45. The average molecular weight is 237 g/mol. The second-order valence-electron chi connectivity index (χ2n) is 6.44. The van der Waals surface area contributed by atoms with E-state index in [2.05, 4.69) is 6.92 Å². The Bertz CT molecular complexity index is 335. The number of carboxylic acids is 1. The van der Waals surface area contributed by atoms with Crippen molar-refractivity contribution in [2.24, 2.45) is 40.7 Å². The lowest BCUT2D eigenvalue weighted by Crippen LogP contribution is -2.61. The van der Waals surface area contributed by atoms with Crippen LogP contribution in [0, 0.1) is 35.0 Å². The third kappa shape index (κ3) is 1.29. The number of carbonyl (C=O) groups is 1. The molecule has 6 atom stereocenters. The van der Waals surface area contributed by atoms with Gasteiger partial charge in [-0.1, -0.05) is 13.3 Å². The van der Waals surface area contributed by atoms with Crippen molar-refractivity contribution >= 4 is 5.97 Å². The van der Waals surface area contributed by atoms with E-state index in [9.17, 15) is 4.79 Å². The van der Waals surface area contributed by atoms with E-state index in [1.165, 1.54) is 25.7 Å². The van der Waals surface area contributed by atoms with Gasteiger partial charge >= 0.3 is 5.97 Å². The Labute approximate surface area is 103 Å². The maximum atomic E-state index is 11.1. The van der Waals surface area contributed by atoms with Gasteiger partial charge in [0.25, 0.3) is 0 Å². The lowest BCUT2D eigenvalue weighted by atomic mass is 9.43. The molecule has 3 heteroatoms. The molecule has 96 valence electrons. The zero-order chi connectivity index (χ0) is 12.2. The number of hydrogen-bond acceptors (Lipinski definition) is 2. The zero-order valence-electron chi connectivity index (χ0n) is 10.6. The van der Waals surface area contributed by atoms with E-state index in [-0.39, 0.29) is 5.41 Å². The molecule has 0 radical (unpaired) electrons. The van der Waals surface area contributed by atoms with Crippen LogP contribution in [0.1, 0.15) is 39.0 Å². The molecule has 0 aromatic carbocycles. The molecule has 3 rings (SSSR count). The van der Waals surface area contributed by atoms with Crippen LogP contribution in [0.2, 0.25) is 0 Å². The van der Waals surface area contributed by atoms with Gasteiger partial charge in [-0.05, 0) is 60.8 Å². The van der Waals surface area contributed by atoms with Crippen molar-refractivity contribution in [3.8, 4) is 0 Å². The van der Waals surface area contributed by atoms with E-state index < -0.39 is 5.97 Å². The van der Waals surface area contributed by atoms with Crippen LogP contribution in [0.3, 0.4) is 0 Å². The molecule has 0 aliphatic heterocycles. The predicted octanol–water partition coefficient (Wildman–Crippen LogP) is 2.11. The Morgan fingerprint density at radius 2 is 2.18 bits per heavy atom. The van der Waals surface area contributed by atoms with Crippen molar-refractivity contribution < 1.29 is 9.90 Å². The van der Waals surface area contributed by atoms with E-state index in [1.54, 1.807) is 0 Å². The Hall–Kier alpha value is -0.570. The first-order valence-electron chi connectivity index (χ1n) is 7.06. The number of aliphatic carboxylic acids is 1. The quantitative estimate of drug-likeness (QED) is 0.787. The molecule has 0 heterocycles. The van der Waals surface area contributed by atoms with Crippen LogP contribution in [0.5, 0.6) is 0 Å². The minimum atomic E-state index is -0.655. The molecule has 3 fully saturated rings. The summed E-state index contributed by atoms with van der Waals surface area (Å²) in [5.41, 5.74) is 5.93. The van der Waals surface area contributed by atoms with Gasteiger partial charge in [0.05, 0.1) is 6.42 Å². The van der Waals surface area contributed by atoms with Gasteiger partial charge in [-0.15, -0.1) is 0 Å². The van der Waals surface area contributed by atoms with Crippen LogP contribution >= 0.6 is 0 Å². The molecule has 3 nitrogen and oxygen atoms in total. The largest absolute Gasteiger partial charge is 0.481 e. The molecular weight excluding hydrogens is 214 g/mol. The first kappa shape index (κ1) is 11.5. The van der Waals surface area contributed by atoms with Gasteiger partial charge in [-0.3, -0.25) is 4.79 Å². The Morgan fingerprint density at radius 1 is 1.41 bits per heavy atom. The third-order valence-corrected chi connectivity index (χ3v) is 6.24. The number of hydrogen-bond donors (Lipinski definition) is 2. The van der Waals surface area contributed by atoms with Crippen LogP contribution in [0.15, 0.2) is 0 Å². The first-order chi connectivity index (χ1) is 8.14. The summed E-state index contributed by atoms with van der Waals surface area (Å²) in [4.78, 5) is 11.1. The molecule has 0 saturated heterocycles. The van der Waals surface area contributed by atoms with E-state index >= 15 is 0 Å². The summed E-state index contributed by atoms with van der Waals surface area (Å²) in [6, 6.07) is 0. The van der Waals surface area contributed by atoms with Crippen LogP contribution < -0.4 is 5.73 Å². The first-order valence-corrected chi connectivity index (χ1v) is 7.06. The zero-order valence-corrected chi connectivity index (χ0v) is 10.6. The summed E-state index contributed by atoms with van der Waals surface area (Å²) in [5, 5.41) is 9.16. The highest BCUT2D eigenvalue weighted by atomic mass is 16.4. The Kier molecular flexibility index (Phi) is 2.51. The van der Waals surface area contributed by atoms with E-state index in [1.807, 2.05) is 0 Å². The summed E-state index contributed by atoms with van der Waals surface area (Å²) in [6.07, 6.45) is 5.38. The van der Waals surface area contributed by atoms with Crippen molar-refractivity contribution in [3.05, 3.63) is 0 Å². The van der Waals surface area contributed by atoms with Crippen molar-refractivity contribution in [1.29, 1.82) is 0 Å². The van der Waals surface area contributed by atoms with Crippen LogP contribution in [0.4, 0.5) is 0 Å². The van der Waals surface area contributed by atoms with Gasteiger partial charge in [0.1, 0.15) is 0 Å². The fourth-order valence-electron chi connectivity index (χ4n) is 5.74. The van der Waals surface area contributed by atoms with Crippen LogP contribution in [-0.4, -0.2) is 17.6 Å². The van der Waals surface area contributed by atoms with E-state index in [4.69, 9.17) is 10.8 Å². The van der Waals surface area contributed by atoms with Gasteiger partial charge in [0, 0.05) is 0 Å². The summed E-state index contributed by atoms with van der Waals surface area (Å²) in [7, 11) is 0. The highest BCUT2D eigenvalue weighted by molar-refractivity contribution is 5.68. The number of fused-ring (bicyclic) bond motifs is 1. The highest BCUT2D eigenvalue weighted by Gasteiger charge is 2.68. The molecular formula is C14H23NO2. The maximum absolute atomic E-state index is 11.1. The number of nitrogens with two attached hydrogens (primary N) is 1. The molecule has 3 aliphatic rings. The fourth-order valence-corrected chi connectivity index (χ4v) is 5.74. The van der Waals surface area contributed by atoms with Gasteiger partial charge in [0.15, 0.2) is 0 Å². The molecule has 3 saturated carbocycles. The summed E-state index contributed by atoms with van der Waals surface area (Å²) in [5.74, 6) is 3.11. The molecule has 0 amide bonds. The van der Waals surface area contributed by atoms with Gasteiger partial charge in [0.2, 0.25) is 0 Å². The normalized spacial score (nSPS) is 51.1. The maximum Gasteiger partial charge on any atom is 0.303 e. The van der Waals surface area contributed by atoms with Gasteiger partial charge < -0.3 is 10.8 Å². The number of rotatable bonds is 4. The summed E-state index contributed by atoms with van der Waals surface area (Å²) in [6.45, 7) is 2.87. The molecule has 3 N–H and O–H groups in total. The lowest BCUT2D eigenvalue weighted by molar-refractivity contribution is -0.162. The third-order valence-electron chi connectivity index (χ3n) is 6.24. The lowest BCUT2D eigenvalue weighted by Gasteiger charge is -2.61. The second-order valence-corrected chi connectivity index (χ2v) is 6.44. The van der Waals surface area contributed by atoms with Gasteiger partial charge in [-0.2, -0.15) is 0 Å². The number of carboxylic acid groups (broad SMARTS) is 1. The standard InChI is InChI=1S/C14H23NO2/c1-2-9-8-3-4-10-13(9)11(5-8)14(10,7-15)6-12(16)17/h8-11,13H,2-7,15H2,1H3,(H,16,17). The topological polar surface area (TPSA) is 63.3 Å². The van der Waals surface area contributed by atoms with Crippen molar-refractivity contribution in [2.45, 2.75) is 39.0 Å². The molecule has 17 heavy (non-hydrogen) atoms. The Balaban J connectivity index is 1.89. The Morgan fingerprint density at radius 3 is 2.76 bits per heavy atom. The summed E-state index contributed by atoms with van der Waals surface area (Å²) >= 11 is 0. The van der Waals surface area contributed by atoms with Crippen molar-refractivity contribution in [2.75, 3.05) is 6.54 Å². The molecule has 6 unspecified atom stereocenters. The summed E-state index contributed by atoms with van der Waals surface area (Å²) < 4.78 is 0. The molecule has 2 bridgehead atoms. The monoisotopic (exact) mass is 237 g/mol. The SMILES string of the molecule is CCC1C2CCC3C1C(C2)C3(CN)CC(=O)O. The predicted molar refractivity (Wildman–Crippen MR) is 65.3 cm³/mol. The highest BCUT2D eigenvalue weighted by Crippen LogP contribution is 2.72. The minimum absolute atomic E-state index is 0.0465. The van der Waals surface area contributed by atoms with Crippen LogP contribution in [-0.2, 0) is 4.79 Å². The van der Waals surface area contributed by atoms with Crippen LogP contribution in [0.25, 0.3) is 0 Å².